The highest BCUT2D eigenvalue weighted by Crippen LogP contribution is 2.32. The number of anilines is 1. The van der Waals surface area contributed by atoms with E-state index >= 15 is 0 Å². The summed E-state index contributed by atoms with van der Waals surface area (Å²) in [5.74, 6) is 0.422. The van der Waals surface area contributed by atoms with Crippen LogP contribution in [0.2, 0.25) is 0 Å². The van der Waals surface area contributed by atoms with Crippen LogP contribution in [0.4, 0.5) is 5.69 Å². The molecule has 7 nitrogen and oxygen atoms in total. The molecular formula is C19H21NO6S. The molecule has 0 spiro atoms. The van der Waals surface area contributed by atoms with Crippen LogP contribution in [-0.4, -0.2) is 46.4 Å². The van der Waals surface area contributed by atoms with E-state index in [0.29, 0.717) is 11.4 Å². The molecule has 0 aromatic heterocycles. The van der Waals surface area contributed by atoms with E-state index in [-0.39, 0.29) is 19.1 Å². The van der Waals surface area contributed by atoms with E-state index in [1.807, 2.05) is 30.3 Å². The minimum absolute atomic E-state index is 0.171. The fourth-order valence-corrected chi connectivity index (χ4v) is 3.26. The SMILES string of the molecule is COc1ccc(N2C(=O)[C@@H](OCc3ccccc3)[C@H]2COS(C)(=O)=O)cc1. The summed E-state index contributed by atoms with van der Waals surface area (Å²) in [5, 5.41) is 0. The van der Waals surface area contributed by atoms with Gasteiger partial charge in [0.2, 0.25) is 0 Å². The van der Waals surface area contributed by atoms with Gasteiger partial charge in [0, 0.05) is 5.69 Å². The first-order valence-corrected chi connectivity index (χ1v) is 10.2. The lowest BCUT2D eigenvalue weighted by molar-refractivity contribution is -0.144. The Labute approximate surface area is 158 Å². The minimum atomic E-state index is -3.63. The van der Waals surface area contributed by atoms with E-state index in [0.717, 1.165) is 11.8 Å². The summed E-state index contributed by atoms with van der Waals surface area (Å²) in [5.41, 5.74) is 1.55. The first kappa shape index (κ1) is 19.3. The van der Waals surface area contributed by atoms with Crippen LogP contribution in [0, 0.1) is 0 Å². The van der Waals surface area contributed by atoms with Crippen molar-refractivity contribution < 1.29 is 26.9 Å². The minimum Gasteiger partial charge on any atom is -0.497 e. The number of carbonyl (C=O) groups excluding carboxylic acids is 1. The second-order valence-corrected chi connectivity index (χ2v) is 7.82. The van der Waals surface area contributed by atoms with E-state index in [9.17, 15) is 13.2 Å². The third-order valence-electron chi connectivity index (χ3n) is 4.24. The maximum absolute atomic E-state index is 12.6. The van der Waals surface area contributed by atoms with Crippen LogP contribution >= 0.6 is 0 Å². The Morgan fingerprint density at radius 1 is 1.04 bits per heavy atom. The smallest absolute Gasteiger partial charge is 0.264 e. The summed E-state index contributed by atoms with van der Waals surface area (Å²) in [6, 6.07) is 15.8. The van der Waals surface area contributed by atoms with Crippen molar-refractivity contribution in [3.8, 4) is 5.75 Å². The van der Waals surface area contributed by atoms with Crippen LogP contribution in [0.15, 0.2) is 54.6 Å². The lowest BCUT2D eigenvalue weighted by Gasteiger charge is -2.46. The Morgan fingerprint density at radius 2 is 1.70 bits per heavy atom. The summed E-state index contributed by atoms with van der Waals surface area (Å²) < 4.78 is 38.6. The van der Waals surface area contributed by atoms with E-state index < -0.39 is 22.3 Å². The van der Waals surface area contributed by atoms with Gasteiger partial charge in [0.15, 0.2) is 6.10 Å². The first-order valence-electron chi connectivity index (χ1n) is 8.36. The highest BCUT2D eigenvalue weighted by molar-refractivity contribution is 7.85. The van der Waals surface area contributed by atoms with Crippen LogP contribution < -0.4 is 9.64 Å². The molecule has 1 saturated heterocycles. The maximum Gasteiger partial charge on any atom is 0.264 e. The number of nitrogens with zero attached hydrogens (tertiary/aromatic N) is 1. The largest absolute Gasteiger partial charge is 0.497 e. The molecule has 0 saturated carbocycles. The Morgan fingerprint density at radius 3 is 2.30 bits per heavy atom. The van der Waals surface area contributed by atoms with Gasteiger partial charge >= 0.3 is 0 Å². The predicted octanol–water partition coefficient (Wildman–Crippen LogP) is 1.97. The van der Waals surface area contributed by atoms with Gasteiger partial charge in [0.25, 0.3) is 16.0 Å². The van der Waals surface area contributed by atoms with Gasteiger partial charge in [-0.05, 0) is 29.8 Å². The number of benzene rings is 2. The van der Waals surface area contributed by atoms with Gasteiger partial charge in [0.05, 0.1) is 32.6 Å². The third-order valence-corrected chi connectivity index (χ3v) is 4.80. The molecular weight excluding hydrogens is 370 g/mol. The van der Waals surface area contributed by atoms with E-state index in [1.54, 1.807) is 31.4 Å². The zero-order valence-electron chi connectivity index (χ0n) is 15.1. The van der Waals surface area contributed by atoms with Gasteiger partial charge in [-0.15, -0.1) is 0 Å². The van der Waals surface area contributed by atoms with Crippen molar-refractivity contribution in [3.05, 3.63) is 60.2 Å². The lowest BCUT2D eigenvalue weighted by Crippen LogP contribution is -2.68. The standard InChI is InChI=1S/C19H21NO6S/c1-24-16-10-8-15(9-11-16)20-17(13-26-27(2,22)23)18(19(20)21)25-12-14-6-4-3-5-7-14/h3-11,17-18H,12-13H2,1-2H3/t17-,18+/m1/s1. The van der Waals surface area contributed by atoms with Gasteiger partial charge in [-0.1, -0.05) is 30.3 Å². The summed E-state index contributed by atoms with van der Waals surface area (Å²) in [6.07, 6.45) is 0.208. The normalized spacial score (nSPS) is 19.6. The van der Waals surface area contributed by atoms with Crippen molar-refractivity contribution >= 4 is 21.7 Å². The number of amides is 1. The van der Waals surface area contributed by atoms with Gasteiger partial charge < -0.3 is 14.4 Å². The van der Waals surface area contributed by atoms with Gasteiger partial charge in [-0.2, -0.15) is 8.42 Å². The third kappa shape index (κ3) is 4.65. The van der Waals surface area contributed by atoms with Gasteiger partial charge in [-0.25, -0.2) is 0 Å². The van der Waals surface area contributed by atoms with Crippen molar-refractivity contribution in [3.63, 3.8) is 0 Å². The fourth-order valence-electron chi connectivity index (χ4n) is 2.88. The van der Waals surface area contributed by atoms with Crippen molar-refractivity contribution in [2.24, 2.45) is 0 Å². The van der Waals surface area contributed by atoms with E-state index in [4.69, 9.17) is 13.7 Å². The first-order chi connectivity index (χ1) is 12.9. The number of methoxy groups -OCH3 is 1. The number of carbonyl (C=O) groups is 1. The molecule has 2 atom stereocenters. The summed E-state index contributed by atoms with van der Waals surface area (Å²) in [6.45, 7) is 0.0825. The number of ether oxygens (including phenoxy) is 2. The molecule has 2 aromatic carbocycles. The van der Waals surface area contributed by atoms with Gasteiger partial charge in [-0.3, -0.25) is 8.98 Å². The zero-order valence-corrected chi connectivity index (χ0v) is 15.9. The molecule has 1 fully saturated rings. The molecule has 2 aromatic rings. The number of hydrogen-bond acceptors (Lipinski definition) is 6. The Hall–Kier alpha value is -2.42. The van der Waals surface area contributed by atoms with Crippen LogP contribution in [-0.2, 0) is 30.4 Å². The molecule has 0 radical (unpaired) electrons. The molecule has 0 bridgehead atoms. The second-order valence-electron chi connectivity index (χ2n) is 6.18. The molecule has 1 heterocycles. The molecule has 1 aliphatic heterocycles. The molecule has 27 heavy (non-hydrogen) atoms. The summed E-state index contributed by atoms with van der Waals surface area (Å²) >= 11 is 0. The van der Waals surface area contributed by atoms with Crippen molar-refractivity contribution in [1.82, 2.24) is 0 Å². The quantitative estimate of drug-likeness (QED) is 0.505. The maximum atomic E-state index is 12.6. The topological polar surface area (TPSA) is 82.1 Å². The van der Waals surface area contributed by atoms with Crippen molar-refractivity contribution in [2.75, 3.05) is 24.9 Å². The molecule has 8 heteroatoms. The monoisotopic (exact) mass is 391 g/mol. The number of β-lactam (4-membered cyclic amide) rings is 1. The molecule has 144 valence electrons. The zero-order chi connectivity index (χ0) is 19.4. The van der Waals surface area contributed by atoms with Crippen LogP contribution in [0.5, 0.6) is 5.75 Å². The van der Waals surface area contributed by atoms with Crippen LogP contribution in [0.1, 0.15) is 5.56 Å². The lowest BCUT2D eigenvalue weighted by atomic mass is 9.97. The molecule has 0 unspecified atom stereocenters. The van der Waals surface area contributed by atoms with Crippen LogP contribution in [0.25, 0.3) is 0 Å². The molecule has 0 N–H and O–H groups in total. The van der Waals surface area contributed by atoms with Crippen LogP contribution in [0.3, 0.4) is 0 Å². The summed E-state index contributed by atoms with van der Waals surface area (Å²) in [7, 11) is -2.08. The van der Waals surface area contributed by atoms with Gasteiger partial charge in [0.1, 0.15) is 5.75 Å². The van der Waals surface area contributed by atoms with E-state index in [1.165, 1.54) is 4.90 Å². The molecule has 1 aliphatic rings. The van der Waals surface area contributed by atoms with E-state index in [2.05, 4.69) is 0 Å². The van der Waals surface area contributed by atoms with Crippen molar-refractivity contribution in [2.45, 2.75) is 18.8 Å². The molecule has 3 rings (SSSR count). The number of hydrogen-bond donors (Lipinski definition) is 0. The summed E-state index contributed by atoms with van der Waals surface area (Å²) in [4.78, 5) is 14.1. The second kappa shape index (κ2) is 8.08. The average molecular weight is 391 g/mol. The predicted molar refractivity (Wildman–Crippen MR) is 100 cm³/mol. The highest BCUT2D eigenvalue weighted by atomic mass is 32.2. The molecule has 0 aliphatic carbocycles. The number of rotatable bonds is 8. The molecule has 1 amide bonds. The average Bonchev–Trinajstić information content (AvgIpc) is 2.65. The Bertz CT molecular complexity index is 882. The Balaban J connectivity index is 1.75. The highest BCUT2D eigenvalue weighted by Gasteiger charge is 2.49. The Kier molecular flexibility index (Phi) is 5.79. The fraction of sp³-hybridized carbons (Fsp3) is 0.316. The van der Waals surface area contributed by atoms with Crippen molar-refractivity contribution in [1.29, 1.82) is 0 Å².